The van der Waals surface area contributed by atoms with Gasteiger partial charge in [-0.25, -0.2) is 4.79 Å². The molecule has 5 aromatic rings. The number of hydrogen-bond acceptors (Lipinski definition) is 6. The lowest BCUT2D eigenvalue weighted by atomic mass is 10.1. The number of ether oxygens (including phenoxy) is 2. The summed E-state index contributed by atoms with van der Waals surface area (Å²) in [5, 5.41) is 12.4. The number of rotatable bonds is 10. The first kappa shape index (κ1) is 31.4. The van der Waals surface area contributed by atoms with Crippen molar-refractivity contribution in [3.63, 3.8) is 0 Å². The number of para-hydroxylation sites is 2. The molecular weight excluding hydrogens is 609 g/mol. The van der Waals surface area contributed by atoms with E-state index >= 15 is 0 Å². The molecule has 0 aliphatic rings. The Balaban J connectivity index is 1.32. The van der Waals surface area contributed by atoms with Gasteiger partial charge in [0.2, 0.25) is 0 Å². The van der Waals surface area contributed by atoms with Gasteiger partial charge in [-0.15, -0.1) is 0 Å². The van der Waals surface area contributed by atoms with Crippen molar-refractivity contribution in [1.29, 1.82) is 0 Å². The zero-order chi connectivity index (χ0) is 31.6. The fourth-order valence-electron chi connectivity index (χ4n) is 4.46. The van der Waals surface area contributed by atoms with Gasteiger partial charge in [0.1, 0.15) is 5.75 Å². The van der Waals surface area contributed by atoms with E-state index in [1.807, 2.05) is 97.1 Å². The number of fused-ring (bicyclic) bond motifs is 1. The fraction of sp³-hybridized carbons (Fsp3) is 0.114. The molecule has 0 saturated heterocycles. The molecule has 1 heterocycles. The molecule has 4 aromatic carbocycles. The second kappa shape index (κ2) is 15.1. The van der Waals surface area contributed by atoms with E-state index in [-0.39, 0.29) is 5.97 Å². The van der Waals surface area contributed by atoms with Gasteiger partial charge in [-0.1, -0.05) is 53.5 Å². The van der Waals surface area contributed by atoms with Crippen molar-refractivity contribution >= 4 is 69.2 Å². The van der Waals surface area contributed by atoms with Gasteiger partial charge < -0.3 is 25.4 Å². The van der Waals surface area contributed by atoms with Crippen LogP contribution in [0.25, 0.3) is 17.0 Å². The summed E-state index contributed by atoms with van der Waals surface area (Å²) in [4.78, 5) is 21.0. The molecular formula is C35H31Cl2N5O3. The molecule has 0 aliphatic carbocycles. The van der Waals surface area contributed by atoms with Crippen LogP contribution in [0, 0.1) is 0 Å². The number of nitrogens with zero attached hydrogens (tertiary/aromatic N) is 2. The highest BCUT2D eigenvalue weighted by Gasteiger charge is 2.10. The van der Waals surface area contributed by atoms with Gasteiger partial charge in [0.05, 0.1) is 24.9 Å². The lowest BCUT2D eigenvalue weighted by Gasteiger charge is -2.16. The Kier molecular flexibility index (Phi) is 10.5. The molecule has 10 heteroatoms. The third-order valence-corrected chi connectivity index (χ3v) is 7.10. The average molecular weight is 641 g/mol. The van der Waals surface area contributed by atoms with E-state index in [0.29, 0.717) is 51.9 Å². The molecule has 0 atom stereocenters. The van der Waals surface area contributed by atoms with Crippen LogP contribution in [-0.2, 0) is 9.53 Å². The standard InChI is InChI=1S/C35H31Cl2N5O3/c1-23(34(43)44-2)20-24-10-13-28(14-11-24)45-33-9-4-3-8-31(33)42-35(41-27-7-5-6-25(36)21-27)40-19-18-39-30-16-17-38-32-22-26(37)12-15-29(30)32/h3-17,20-22H,18-19H2,1-2H3,(H,38,39)(H2,40,41,42)/b23-20+. The summed E-state index contributed by atoms with van der Waals surface area (Å²) < 4.78 is 11.0. The maximum absolute atomic E-state index is 11.7. The number of carbonyl (C=O) groups excluding carboxylic acids is 1. The number of methoxy groups -OCH3 is 1. The zero-order valence-electron chi connectivity index (χ0n) is 24.7. The number of pyridine rings is 1. The molecule has 8 nitrogen and oxygen atoms in total. The molecule has 0 fully saturated rings. The van der Waals surface area contributed by atoms with Crippen molar-refractivity contribution in [3.05, 3.63) is 124 Å². The first-order valence-electron chi connectivity index (χ1n) is 14.1. The molecule has 3 N–H and O–H groups in total. The fourth-order valence-corrected chi connectivity index (χ4v) is 4.82. The van der Waals surface area contributed by atoms with Crippen LogP contribution in [0.2, 0.25) is 10.0 Å². The van der Waals surface area contributed by atoms with Crippen molar-refractivity contribution in [2.24, 2.45) is 4.99 Å². The minimum absolute atomic E-state index is 0.369. The first-order chi connectivity index (χ1) is 21.9. The quantitative estimate of drug-likeness (QED) is 0.0461. The highest BCUT2D eigenvalue weighted by atomic mass is 35.5. The maximum atomic E-state index is 11.7. The lowest BCUT2D eigenvalue weighted by Crippen LogP contribution is -2.23. The average Bonchev–Trinajstić information content (AvgIpc) is 3.04. The van der Waals surface area contributed by atoms with Gasteiger partial charge in [0.25, 0.3) is 0 Å². The van der Waals surface area contributed by atoms with Crippen LogP contribution < -0.4 is 20.7 Å². The Labute approximate surface area is 271 Å². The maximum Gasteiger partial charge on any atom is 0.333 e. The van der Waals surface area contributed by atoms with Crippen molar-refractivity contribution in [3.8, 4) is 11.5 Å². The summed E-state index contributed by atoms with van der Waals surface area (Å²) in [7, 11) is 1.36. The van der Waals surface area contributed by atoms with Crippen LogP contribution >= 0.6 is 23.2 Å². The number of carbonyl (C=O) groups is 1. The van der Waals surface area contributed by atoms with E-state index in [2.05, 4.69) is 20.9 Å². The predicted molar refractivity (Wildman–Crippen MR) is 185 cm³/mol. The highest BCUT2D eigenvalue weighted by Crippen LogP contribution is 2.30. The second-order valence-electron chi connectivity index (χ2n) is 9.92. The number of esters is 1. The number of nitrogens with one attached hydrogen (secondary N) is 3. The zero-order valence-corrected chi connectivity index (χ0v) is 26.2. The topological polar surface area (TPSA) is 96.9 Å². The number of halogens is 2. The third kappa shape index (κ3) is 8.75. The minimum Gasteiger partial charge on any atom is -0.466 e. The molecule has 0 unspecified atom stereocenters. The van der Waals surface area contributed by atoms with Crippen LogP contribution in [-0.4, -0.2) is 37.1 Å². The van der Waals surface area contributed by atoms with E-state index in [4.69, 9.17) is 37.7 Å². The van der Waals surface area contributed by atoms with Crippen LogP contribution in [0.5, 0.6) is 11.5 Å². The Morgan fingerprint density at radius 1 is 0.889 bits per heavy atom. The van der Waals surface area contributed by atoms with Gasteiger partial charge >= 0.3 is 5.97 Å². The van der Waals surface area contributed by atoms with Gasteiger partial charge in [0.15, 0.2) is 11.7 Å². The van der Waals surface area contributed by atoms with Gasteiger partial charge in [-0.3, -0.25) is 9.98 Å². The van der Waals surface area contributed by atoms with E-state index in [0.717, 1.165) is 27.8 Å². The number of guanidine groups is 1. The van der Waals surface area contributed by atoms with Crippen molar-refractivity contribution in [1.82, 2.24) is 4.98 Å². The number of anilines is 3. The summed E-state index contributed by atoms with van der Waals surface area (Å²) in [6.07, 6.45) is 3.51. The Morgan fingerprint density at radius 2 is 1.69 bits per heavy atom. The van der Waals surface area contributed by atoms with Crippen molar-refractivity contribution < 1.29 is 14.3 Å². The first-order valence-corrected chi connectivity index (χ1v) is 14.9. The highest BCUT2D eigenvalue weighted by molar-refractivity contribution is 6.31. The van der Waals surface area contributed by atoms with Crippen LogP contribution in [0.4, 0.5) is 17.1 Å². The summed E-state index contributed by atoms with van der Waals surface area (Å²) in [5.74, 6) is 1.38. The van der Waals surface area contributed by atoms with Crippen molar-refractivity contribution in [2.45, 2.75) is 6.92 Å². The van der Waals surface area contributed by atoms with Gasteiger partial charge in [-0.2, -0.15) is 0 Å². The molecule has 0 bridgehead atoms. The molecule has 0 spiro atoms. The summed E-state index contributed by atoms with van der Waals surface area (Å²) >= 11 is 12.4. The molecule has 45 heavy (non-hydrogen) atoms. The van der Waals surface area contributed by atoms with Crippen molar-refractivity contribution in [2.75, 3.05) is 36.1 Å². The van der Waals surface area contributed by atoms with E-state index in [1.54, 1.807) is 19.2 Å². The summed E-state index contributed by atoms with van der Waals surface area (Å²) in [6.45, 7) is 2.73. The van der Waals surface area contributed by atoms with Crippen LogP contribution in [0.15, 0.2) is 114 Å². The molecule has 0 saturated carbocycles. The molecule has 0 amide bonds. The predicted octanol–water partition coefficient (Wildman–Crippen LogP) is 8.90. The number of benzene rings is 4. The second-order valence-corrected chi connectivity index (χ2v) is 10.8. The Morgan fingerprint density at radius 3 is 2.49 bits per heavy atom. The summed E-state index contributed by atoms with van der Waals surface area (Å²) in [5.41, 5.74) is 4.62. The molecule has 5 rings (SSSR count). The molecule has 1 aromatic heterocycles. The minimum atomic E-state index is -0.369. The largest absolute Gasteiger partial charge is 0.466 e. The van der Waals surface area contributed by atoms with E-state index in [1.165, 1.54) is 7.11 Å². The third-order valence-electron chi connectivity index (χ3n) is 6.63. The smallest absolute Gasteiger partial charge is 0.333 e. The Bertz CT molecular complexity index is 1860. The lowest BCUT2D eigenvalue weighted by molar-refractivity contribution is -0.135. The Hall–Kier alpha value is -5.05. The monoisotopic (exact) mass is 639 g/mol. The molecule has 0 radical (unpaired) electrons. The molecule has 0 aliphatic heterocycles. The number of aliphatic imine (C=N–C) groups is 1. The van der Waals surface area contributed by atoms with Gasteiger partial charge in [-0.05, 0) is 85.3 Å². The van der Waals surface area contributed by atoms with Gasteiger partial charge in [0, 0.05) is 45.1 Å². The van der Waals surface area contributed by atoms with Crippen LogP contribution in [0.3, 0.4) is 0 Å². The summed E-state index contributed by atoms with van der Waals surface area (Å²) in [6, 6.07) is 30.0. The molecule has 228 valence electrons. The normalized spacial score (nSPS) is 11.6. The van der Waals surface area contributed by atoms with E-state index in [9.17, 15) is 4.79 Å². The number of hydrogen-bond donors (Lipinski definition) is 3. The SMILES string of the molecule is COC(=O)/C(C)=C/c1ccc(Oc2ccccc2NC(=NCCNc2ccnc3cc(Cl)ccc23)Nc2cccc(Cl)c2)cc1. The number of aromatic nitrogens is 1. The van der Waals surface area contributed by atoms with Crippen LogP contribution in [0.1, 0.15) is 12.5 Å². The van der Waals surface area contributed by atoms with E-state index < -0.39 is 0 Å².